The Morgan fingerprint density at radius 1 is 1.08 bits per heavy atom. The van der Waals surface area contributed by atoms with E-state index in [0.717, 1.165) is 36.2 Å². The molecule has 130 valence electrons. The lowest BCUT2D eigenvalue weighted by molar-refractivity contribution is -0.123. The second kappa shape index (κ2) is 5.93. The number of aryl methyl sites for hydroxylation is 2. The summed E-state index contributed by atoms with van der Waals surface area (Å²) in [5.74, 6) is 0.0456. The number of hydrogen-bond acceptors (Lipinski definition) is 2. The number of nitrogens with zero attached hydrogens (tertiary/aromatic N) is 3. The van der Waals surface area contributed by atoms with Gasteiger partial charge in [-0.3, -0.25) is 9.69 Å². The summed E-state index contributed by atoms with van der Waals surface area (Å²) in [5.41, 5.74) is 3.77. The van der Waals surface area contributed by atoms with Crippen LogP contribution in [-0.2, 0) is 4.79 Å². The molecule has 2 aromatic carbocycles. The van der Waals surface area contributed by atoms with Crippen LogP contribution in [-0.4, -0.2) is 16.6 Å². The highest BCUT2D eigenvalue weighted by Crippen LogP contribution is 2.48. The summed E-state index contributed by atoms with van der Waals surface area (Å²) < 4.78 is 0. The van der Waals surface area contributed by atoms with Crippen LogP contribution in [0.5, 0.6) is 0 Å². The van der Waals surface area contributed by atoms with Gasteiger partial charge in [-0.05, 0) is 75.2 Å². The number of carbonyl (C=O) groups excluding carboxylic acids is 1. The standard InChI is InChI=1S/C21H19N3OS/c1-14-5-7-16(8-6-14)24-20(26)23(19(25)21(24)11-4-12-21)17-9-10-18(22-3)15(2)13-17/h5-10,13H,4,11-12H2,1-2H3. The van der Waals surface area contributed by atoms with Gasteiger partial charge in [0.2, 0.25) is 0 Å². The smallest absolute Gasteiger partial charge is 0.259 e. The third-order valence-electron chi connectivity index (χ3n) is 5.44. The summed E-state index contributed by atoms with van der Waals surface area (Å²) >= 11 is 5.76. The fraction of sp³-hybridized carbons (Fsp3) is 0.286. The Hall–Kier alpha value is -2.71. The first-order chi connectivity index (χ1) is 12.5. The van der Waals surface area contributed by atoms with E-state index >= 15 is 0 Å². The molecule has 1 amide bonds. The normalized spacial score (nSPS) is 18.2. The molecule has 0 bridgehead atoms. The van der Waals surface area contributed by atoms with Crippen molar-refractivity contribution in [3.8, 4) is 0 Å². The van der Waals surface area contributed by atoms with Gasteiger partial charge >= 0.3 is 0 Å². The Labute approximate surface area is 158 Å². The Bertz CT molecular complexity index is 954. The highest BCUT2D eigenvalue weighted by Gasteiger charge is 2.59. The van der Waals surface area contributed by atoms with Gasteiger partial charge in [0.05, 0.1) is 6.57 Å². The largest absolute Gasteiger partial charge is 0.303 e. The van der Waals surface area contributed by atoms with Crippen LogP contribution in [0.4, 0.5) is 17.1 Å². The van der Waals surface area contributed by atoms with Crippen LogP contribution < -0.4 is 9.80 Å². The van der Waals surface area contributed by atoms with Crippen LogP contribution in [0.25, 0.3) is 4.85 Å². The Balaban J connectivity index is 1.80. The lowest BCUT2D eigenvalue weighted by atomic mass is 9.75. The maximum absolute atomic E-state index is 13.4. The van der Waals surface area contributed by atoms with Gasteiger partial charge in [0.1, 0.15) is 5.54 Å². The van der Waals surface area contributed by atoms with E-state index in [9.17, 15) is 4.79 Å². The first-order valence-electron chi connectivity index (χ1n) is 8.71. The van der Waals surface area contributed by atoms with Gasteiger partial charge in [-0.2, -0.15) is 0 Å². The third kappa shape index (κ3) is 2.26. The van der Waals surface area contributed by atoms with Gasteiger partial charge in [0, 0.05) is 11.4 Å². The van der Waals surface area contributed by atoms with Crippen molar-refractivity contribution in [3.63, 3.8) is 0 Å². The van der Waals surface area contributed by atoms with Crippen molar-refractivity contribution in [1.29, 1.82) is 0 Å². The molecule has 0 N–H and O–H groups in total. The number of benzene rings is 2. The number of hydrogen-bond donors (Lipinski definition) is 0. The van der Waals surface area contributed by atoms with Crippen LogP contribution in [0.15, 0.2) is 42.5 Å². The molecule has 0 atom stereocenters. The molecule has 26 heavy (non-hydrogen) atoms. The molecule has 0 radical (unpaired) electrons. The van der Waals surface area contributed by atoms with Crippen molar-refractivity contribution in [2.75, 3.05) is 9.80 Å². The van der Waals surface area contributed by atoms with Gasteiger partial charge in [0.25, 0.3) is 5.91 Å². The Kier molecular flexibility index (Phi) is 3.82. The first-order valence-corrected chi connectivity index (χ1v) is 9.12. The monoisotopic (exact) mass is 361 g/mol. The molecule has 2 fully saturated rings. The summed E-state index contributed by atoms with van der Waals surface area (Å²) in [7, 11) is 0. The zero-order valence-electron chi connectivity index (χ0n) is 14.8. The predicted octanol–water partition coefficient (Wildman–Crippen LogP) is 4.92. The maximum atomic E-state index is 13.4. The molecule has 2 aliphatic rings. The molecule has 1 aliphatic carbocycles. The van der Waals surface area contributed by atoms with Crippen molar-refractivity contribution in [2.45, 2.75) is 38.6 Å². The van der Waals surface area contributed by atoms with E-state index in [0.29, 0.717) is 10.8 Å². The van der Waals surface area contributed by atoms with Gasteiger partial charge in [-0.15, -0.1) is 0 Å². The summed E-state index contributed by atoms with van der Waals surface area (Å²) in [4.78, 5) is 20.6. The van der Waals surface area contributed by atoms with Gasteiger partial charge in [-0.25, -0.2) is 4.85 Å². The number of anilines is 2. The predicted molar refractivity (Wildman–Crippen MR) is 108 cm³/mol. The van der Waals surface area contributed by atoms with Crippen molar-refractivity contribution < 1.29 is 4.79 Å². The molecule has 2 aromatic rings. The molecule has 1 heterocycles. The third-order valence-corrected chi connectivity index (χ3v) is 5.81. The summed E-state index contributed by atoms with van der Waals surface area (Å²) in [6.45, 7) is 11.2. The fourth-order valence-electron chi connectivity index (χ4n) is 3.81. The maximum Gasteiger partial charge on any atom is 0.259 e. The molecule has 1 saturated heterocycles. The molecule has 0 aromatic heterocycles. The van der Waals surface area contributed by atoms with Gasteiger partial charge in [-0.1, -0.05) is 23.8 Å². The number of amides is 1. The first kappa shape index (κ1) is 16.7. The Morgan fingerprint density at radius 2 is 1.73 bits per heavy atom. The van der Waals surface area contributed by atoms with Crippen LogP contribution in [0.3, 0.4) is 0 Å². The second-order valence-electron chi connectivity index (χ2n) is 7.06. The number of thiocarbonyl (C=S) groups is 1. The lowest BCUT2D eigenvalue weighted by Crippen LogP contribution is -2.55. The quantitative estimate of drug-likeness (QED) is 0.562. The number of rotatable bonds is 2. The highest BCUT2D eigenvalue weighted by atomic mass is 32.1. The van der Waals surface area contributed by atoms with Crippen LogP contribution >= 0.6 is 12.2 Å². The minimum absolute atomic E-state index is 0.0456. The van der Waals surface area contributed by atoms with E-state index in [1.807, 2.05) is 55.1 Å². The van der Waals surface area contributed by atoms with Crippen molar-refractivity contribution in [1.82, 2.24) is 0 Å². The molecular weight excluding hydrogens is 342 g/mol. The SMILES string of the molecule is [C-]#[N+]c1ccc(N2C(=O)C3(CCC3)N(c3ccc(C)cc3)C2=S)cc1C. The fourth-order valence-corrected chi connectivity index (χ4v) is 4.27. The van der Waals surface area contributed by atoms with Crippen LogP contribution in [0, 0.1) is 20.4 Å². The molecule has 5 heteroatoms. The van der Waals surface area contributed by atoms with Crippen LogP contribution in [0.2, 0.25) is 0 Å². The van der Waals surface area contributed by atoms with Crippen molar-refractivity contribution in [3.05, 3.63) is 65.0 Å². The van der Waals surface area contributed by atoms with Crippen molar-refractivity contribution >= 4 is 40.3 Å². The molecule has 4 rings (SSSR count). The highest BCUT2D eigenvalue weighted by molar-refractivity contribution is 7.81. The summed E-state index contributed by atoms with van der Waals surface area (Å²) in [6, 6.07) is 13.6. The molecule has 1 aliphatic heterocycles. The molecule has 4 nitrogen and oxygen atoms in total. The van der Waals surface area contributed by atoms with E-state index < -0.39 is 5.54 Å². The summed E-state index contributed by atoms with van der Waals surface area (Å²) in [5, 5.41) is 0.522. The average Bonchev–Trinajstić information content (AvgIpc) is 2.83. The molecule has 1 spiro atoms. The molecule has 1 saturated carbocycles. The topological polar surface area (TPSA) is 27.9 Å². The van der Waals surface area contributed by atoms with Crippen LogP contribution in [0.1, 0.15) is 30.4 Å². The average molecular weight is 361 g/mol. The number of carbonyl (C=O) groups is 1. The second-order valence-corrected chi connectivity index (χ2v) is 7.43. The minimum Gasteiger partial charge on any atom is -0.303 e. The molecular formula is C21H19N3OS. The Morgan fingerprint density at radius 3 is 2.27 bits per heavy atom. The van der Waals surface area contributed by atoms with E-state index in [1.54, 1.807) is 11.0 Å². The van der Waals surface area contributed by atoms with Crippen molar-refractivity contribution in [2.24, 2.45) is 0 Å². The zero-order valence-corrected chi connectivity index (χ0v) is 15.6. The van der Waals surface area contributed by atoms with E-state index in [-0.39, 0.29) is 5.91 Å². The van der Waals surface area contributed by atoms with E-state index in [4.69, 9.17) is 18.8 Å². The lowest BCUT2D eigenvalue weighted by Gasteiger charge is -2.43. The molecule has 0 unspecified atom stereocenters. The summed E-state index contributed by atoms with van der Waals surface area (Å²) in [6.07, 6.45) is 2.66. The van der Waals surface area contributed by atoms with E-state index in [1.165, 1.54) is 5.56 Å². The van der Waals surface area contributed by atoms with Gasteiger partial charge < -0.3 is 4.90 Å². The van der Waals surface area contributed by atoms with E-state index in [2.05, 4.69) is 4.85 Å². The minimum atomic E-state index is -0.557. The van der Waals surface area contributed by atoms with Gasteiger partial charge in [0.15, 0.2) is 10.8 Å². The zero-order chi connectivity index (χ0) is 18.5.